The molecule has 0 aliphatic rings. The van der Waals surface area contributed by atoms with Crippen molar-refractivity contribution in [2.24, 2.45) is 0 Å². The Labute approximate surface area is 159 Å². The van der Waals surface area contributed by atoms with Gasteiger partial charge in [-0.2, -0.15) is 0 Å². The molecule has 0 radical (unpaired) electrons. The third kappa shape index (κ3) is 5.95. The molecule has 0 unspecified atom stereocenters. The molecule has 27 heavy (non-hydrogen) atoms. The molecule has 0 heterocycles. The number of rotatable bonds is 7. The van der Waals surface area contributed by atoms with Crippen LogP contribution in [0.2, 0.25) is 0 Å². The van der Waals surface area contributed by atoms with Crippen molar-refractivity contribution >= 4 is 29.0 Å². The maximum Gasteiger partial charge on any atom is 0.243 e. The van der Waals surface area contributed by atoms with E-state index in [0.717, 1.165) is 22.4 Å². The SMILES string of the molecule is CC(=O)c1cccc(NCC(=O)NCC(=O)Nc2c(C)cc(C)cc2C)c1. The van der Waals surface area contributed by atoms with E-state index in [1.165, 1.54) is 6.92 Å². The van der Waals surface area contributed by atoms with Gasteiger partial charge < -0.3 is 16.0 Å². The van der Waals surface area contributed by atoms with Gasteiger partial charge in [-0.25, -0.2) is 0 Å². The van der Waals surface area contributed by atoms with Crippen LogP contribution in [-0.4, -0.2) is 30.7 Å². The van der Waals surface area contributed by atoms with Crippen molar-refractivity contribution in [3.05, 3.63) is 58.7 Å². The average Bonchev–Trinajstić information content (AvgIpc) is 2.61. The van der Waals surface area contributed by atoms with Crippen LogP contribution >= 0.6 is 0 Å². The van der Waals surface area contributed by atoms with Crippen LogP contribution in [0.25, 0.3) is 0 Å². The lowest BCUT2D eigenvalue weighted by Gasteiger charge is -2.13. The lowest BCUT2D eigenvalue weighted by atomic mass is 10.1. The van der Waals surface area contributed by atoms with Gasteiger partial charge in [-0.1, -0.05) is 29.8 Å². The monoisotopic (exact) mass is 367 g/mol. The Hall–Kier alpha value is -3.15. The molecule has 2 aromatic rings. The Bertz CT molecular complexity index is 852. The summed E-state index contributed by atoms with van der Waals surface area (Å²) in [6, 6.07) is 10.9. The number of aryl methyl sites for hydroxylation is 3. The Morgan fingerprint density at radius 1 is 0.889 bits per heavy atom. The number of amides is 2. The van der Waals surface area contributed by atoms with E-state index in [1.807, 2.05) is 32.9 Å². The molecule has 0 saturated heterocycles. The molecule has 6 nitrogen and oxygen atoms in total. The molecular formula is C21H25N3O3. The van der Waals surface area contributed by atoms with Gasteiger partial charge in [0.05, 0.1) is 13.1 Å². The van der Waals surface area contributed by atoms with Crippen LogP contribution in [0.15, 0.2) is 36.4 Å². The highest BCUT2D eigenvalue weighted by atomic mass is 16.2. The summed E-state index contributed by atoms with van der Waals surface area (Å²) in [5.74, 6) is -0.630. The van der Waals surface area contributed by atoms with E-state index < -0.39 is 0 Å². The zero-order chi connectivity index (χ0) is 20.0. The summed E-state index contributed by atoms with van der Waals surface area (Å²) < 4.78 is 0. The van der Waals surface area contributed by atoms with Gasteiger partial charge in [0, 0.05) is 16.9 Å². The van der Waals surface area contributed by atoms with Crippen LogP contribution in [0.1, 0.15) is 34.0 Å². The molecule has 0 aliphatic carbocycles. The quantitative estimate of drug-likeness (QED) is 0.657. The van der Waals surface area contributed by atoms with E-state index in [0.29, 0.717) is 11.3 Å². The largest absolute Gasteiger partial charge is 0.376 e. The predicted octanol–water partition coefficient (Wildman–Crippen LogP) is 2.98. The highest BCUT2D eigenvalue weighted by Crippen LogP contribution is 2.21. The zero-order valence-electron chi connectivity index (χ0n) is 16.1. The minimum atomic E-state index is -0.310. The number of hydrogen-bond donors (Lipinski definition) is 3. The fourth-order valence-corrected chi connectivity index (χ4v) is 2.83. The van der Waals surface area contributed by atoms with Crippen LogP contribution in [0.3, 0.4) is 0 Å². The van der Waals surface area contributed by atoms with Gasteiger partial charge in [-0.3, -0.25) is 14.4 Å². The normalized spacial score (nSPS) is 10.2. The molecular weight excluding hydrogens is 342 g/mol. The second-order valence-corrected chi connectivity index (χ2v) is 6.59. The molecule has 142 valence electrons. The van der Waals surface area contributed by atoms with E-state index in [9.17, 15) is 14.4 Å². The van der Waals surface area contributed by atoms with Crippen molar-refractivity contribution in [2.75, 3.05) is 23.7 Å². The number of benzene rings is 2. The molecule has 2 aromatic carbocycles. The van der Waals surface area contributed by atoms with Crippen molar-refractivity contribution in [1.82, 2.24) is 5.32 Å². The minimum Gasteiger partial charge on any atom is -0.376 e. The molecule has 2 amide bonds. The minimum absolute atomic E-state index is 0.0111. The summed E-state index contributed by atoms with van der Waals surface area (Å²) in [7, 11) is 0. The van der Waals surface area contributed by atoms with Crippen LogP contribution in [0, 0.1) is 20.8 Å². The van der Waals surface area contributed by atoms with Crippen molar-refractivity contribution in [3.63, 3.8) is 0 Å². The standard InChI is InChI=1S/C21H25N3O3/c1-13-8-14(2)21(15(3)9-13)24-20(27)12-23-19(26)11-22-18-7-5-6-17(10-18)16(4)25/h5-10,22H,11-12H2,1-4H3,(H,23,26)(H,24,27). The van der Waals surface area contributed by atoms with E-state index in [2.05, 4.69) is 16.0 Å². The van der Waals surface area contributed by atoms with Gasteiger partial charge in [0.2, 0.25) is 11.8 Å². The number of anilines is 2. The Morgan fingerprint density at radius 3 is 2.19 bits per heavy atom. The van der Waals surface area contributed by atoms with Gasteiger partial charge in [0.15, 0.2) is 5.78 Å². The molecule has 0 aromatic heterocycles. The first-order valence-electron chi connectivity index (χ1n) is 8.75. The predicted molar refractivity (Wildman–Crippen MR) is 107 cm³/mol. The molecule has 0 atom stereocenters. The Kier molecular flexibility index (Phi) is 6.71. The summed E-state index contributed by atoms with van der Waals surface area (Å²) >= 11 is 0. The molecule has 0 aliphatic heterocycles. The topological polar surface area (TPSA) is 87.3 Å². The third-order valence-electron chi connectivity index (χ3n) is 4.11. The zero-order valence-corrected chi connectivity index (χ0v) is 16.1. The van der Waals surface area contributed by atoms with E-state index in [1.54, 1.807) is 24.3 Å². The highest BCUT2D eigenvalue weighted by molar-refractivity contribution is 5.96. The van der Waals surface area contributed by atoms with Crippen LogP contribution in [-0.2, 0) is 9.59 Å². The summed E-state index contributed by atoms with van der Waals surface area (Å²) in [5.41, 5.74) is 5.13. The van der Waals surface area contributed by atoms with Crippen molar-refractivity contribution in [1.29, 1.82) is 0 Å². The van der Waals surface area contributed by atoms with Gasteiger partial charge in [-0.15, -0.1) is 0 Å². The van der Waals surface area contributed by atoms with Crippen LogP contribution in [0.4, 0.5) is 11.4 Å². The maximum absolute atomic E-state index is 12.1. The first kappa shape index (κ1) is 20.2. The fourth-order valence-electron chi connectivity index (χ4n) is 2.83. The van der Waals surface area contributed by atoms with Crippen LogP contribution < -0.4 is 16.0 Å². The number of carbonyl (C=O) groups is 3. The number of Topliss-reactive ketones (excluding diaryl/α,β-unsaturated/α-hetero) is 1. The van der Waals surface area contributed by atoms with Crippen molar-refractivity contribution in [2.45, 2.75) is 27.7 Å². The molecule has 0 saturated carbocycles. The molecule has 0 fully saturated rings. The maximum atomic E-state index is 12.1. The van der Waals surface area contributed by atoms with E-state index in [-0.39, 0.29) is 30.7 Å². The molecule has 0 bridgehead atoms. The number of hydrogen-bond acceptors (Lipinski definition) is 4. The fraction of sp³-hybridized carbons (Fsp3) is 0.286. The number of ketones is 1. The number of nitrogens with one attached hydrogen (secondary N) is 3. The average molecular weight is 367 g/mol. The van der Waals surface area contributed by atoms with Gasteiger partial charge in [-0.05, 0) is 51.0 Å². The van der Waals surface area contributed by atoms with Crippen LogP contribution in [0.5, 0.6) is 0 Å². The van der Waals surface area contributed by atoms with Gasteiger partial charge >= 0.3 is 0 Å². The lowest BCUT2D eigenvalue weighted by molar-refractivity contribution is -0.122. The second kappa shape index (κ2) is 8.98. The third-order valence-corrected chi connectivity index (χ3v) is 4.11. The first-order chi connectivity index (χ1) is 12.8. The Morgan fingerprint density at radius 2 is 1.56 bits per heavy atom. The van der Waals surface area contributed by atoms with Crippen molar-refractivity contribution in [3.8, 4) is 0 Å². The summed E-state index contributed by atoms with van der Waals surface area (Å²) in [5, 5.41) is 8.37. The molecule has 0 spiro atoms. The summed E-state index contributed by atoms with van der Waals surface area (Å²) in [6.45, 7) is 7.27. The van der Waals surface area contributed by atoms with Crippen molar-refractivity contribution < 1.29 is 14.4 Å². The van der Waals surface area contributed by atoms with Gasteiger partial charge in [0.1, 0.15) is 0 Å². The Balaban J connectivity index is 1.82. The molecule has 3 N–H and O–H groups in total. The molecule has 2 rings (SSSR count). The smallest absolute Gasteiger partial charge is 0.243 e. The van der Waals surface area contributed by atoms with E-state index in [4.69, 9.17) is 0 Å². The lowest BCUT2D eigenvalue weighted by Crippen LogP contribution is -2.36. The van der Waals surface area contributed by atoms with E-state index >= 15 is 0 Å². The molecule has 6 heteroatoms. The second-order valence-electron chi connectivity index (χ2n) is 6.59. The summed E-state index contributed by atoms with van der Waals surface area (Å²) in [6.07, 6.45) is 0. The number of carbonyl (C=O) groups excluding carboxylic acids is 3. The van der Waals surface area contributed by atoms with Gasteiger partial charge in [0.25, 0.3) is 0 Å². The summed E-state index contributed by atoms with van der Waals surface area (Å²) in [4.78, 5) is 35.4. The first-order valence-corrected chi connectivity index (χ1v) is 8.75. The highest BCUT2D eigenvalue weighted by Gasteiger charge is 2.10.